The minimum absolute atomic E-state index is 0.181. The molecule has 2 aromatic rings. The summed E-state index contributed by atoms with van der Waals surface area (Å²) in [6.45, 7) is 9.17. The summed E-state index contributed by atoms with van der Waals surface area (Å²) in [5.41, 5.74) is 3.48. The van der Waals surface area contributed by atoms with Crippen molar-refractivity contribution >= 4 is 23.0 Å². The van der Waals surface area contributed by atoms with E-state index in [0.29, 0.717) is 17.6 Å². The third-order valence-electron chi connectivity index (χ3n) is 4.15. The van der Waals surface area contributed by atoms with E-state index in [1.807, 2.05) is 31.2 Å². The normalized spacial score (nSPS) is 11.9. The summed E-state index contributed by atoms with van der Waals surface area (Å²) in [7, 11) is 0. The van der Waals surface area contributed by atoms with Crippen LogP contribution in [0.15, 0.2) is 48.5 Å². The van der Waals surface area contributed by atoms with Gasteiger partial charge < -0.3 is 15.4 Å². The minimum Gasteiger partial charge on any atom is -0.492 e. The van der Waals surface area contributed by atoms with E-state index in [-0.39, 0.29) is 6.04 Å². The number of anilines is 1. The van der Waals surface area contributed by atoms with Crippen molar-refractivity contribution in [1.29, 1.82) is 0 Å². The number of para-hydroxylation sites is 2. The van der Waals surface area contributed by atoms with Crippen molar-refractivity contribution in [2.24, 2.45) is 0 Å². The first-order chi connectivity index (χ1) is 12.0. The van der Waals surface area contributed by atoms with Crippen LogP contribution in [0.25, 0.3) is 0 Å². The van der Waals surface area contributed by atoms with Crippen LogP contribution in [0, 0.1) is 0 Å². The van der Waals surface area contributed by atoms with Crippen molar-refractivity contribution in [3.63, 3.8) is 0 Å². The van der Waals surface area contributed by atoms with Crippen LogP contribution in [-0.2, 0) is 0 Å². The number of ether oxygens (including phenoxy) is 1. The van der Waals surface area contributed by atoms with Crippen LogP contribution in [0.3, 0.4) is 0 Å². The molecule has 2 rings (SSSR count). The SMILES string of the molecule is CCOc1ccccc1NC(=S)NC(CC)c1ccc(C(C)C)cc1. The first kappa shape index (κ1) is 19.3. The van der Waals surface area contributed by atoms with Gasteiger partial charge in [0.15, 0.2) is 5.11 Å². The molecule has 0 aliphatic heterocycles. The van der Waals surface area contributed by atoms with E-state index >= 15 is 0 Å². The number of benzene rings is 2. The van der Waals surface area contributed by atoms with Gasteiger partial charge in [0.1, 0.15) is 5.75 Å². The number of hydrogen-bond donors (Lipinski definition) is 2. The zero-order valence-electron chi connectivity index (χ0n) is 15.5. The van der Waals surface area contributed by atoms with E-state index in [0.717, 1.165) is 17.9 Å². The molecule has 2 N–H and O–H groups in total. The highest BCUT2D eigenvalue weighted by Crippen LogP contribution is 2.25. The van der Waals surface area contributed by atoms with E-state index < -0.39 is 0 Å². The summed E-state index contributed by atoms with van der Waals surface area (Å²) in [6, 6.07) is 16.8. The molecule has 0 aromatic heterocycles. The lowest BCUT2D eigenvalue weighted by molar-refractivity contribution is 0.342. The molecule has 3 nitrogen and oxygen atoms in total. The van der Waals surface area contributed by atoms with Gasteiger partial charge in [0.05, 0.1) is 18.3 Å². The van der Waals surface area contributed by atoms with Gasteiger partial charge in [-0.1, -0.05) is 57.2 Å². The Balaban J connectivity index is 2.05. The molecule has 2 aromatic carbocycles. The largest absolute Gasteiger partial charge is 0.492 e. The Morgan fingerprint density at radius 1 is 1.00 bits per heavy atom. The van der Waals surface area contributed by atoms with Gasteiger partial charge in [-0.15, -0.1) is 0 Å². The van der Waals surface area contributed by atoms with Crippen molar-refractivity contribution in [2.75, 3.05) is 11.9 Å². The Bertz CT molecular complexity index is 683. The Hall–Kier alpha value is -2.07. The van der Waals surface area contributed by atoms with Gasteiger partial charge in [0, 0.05) is 0 Å². The molecule has 0 heterocycles. The molecule has 1 unspecified atom stereocenters. The van der Waals surface area contributed by atoms with Crippen molar-refractivity contribution in [3.05, 3.63) is 59.7 Å². The lowest BCUT2D eigenvalue weighted by atomic mass is 9.98. The van der Waals surface area contributed by atoms with Crippen LogP contribution < -0.4 is 15.4 Å². The highest BCUT2D eigenvalue weighted by molar-refractivity contribution is 7.80. The van der Waals surface area contributed by atoms with Crippen molar-refractivity contribution in [3.8, 4) is 5.75 Å². The number of nitrogens with one attached hydrogen (secondary N) is 2. The Labute approximate surface area is 156 Å². The lowest BCUT2D eigenvalue weighted by Crippen LogP contribution is -2.32. The molecule has 0 bridgehead atoms. The maximum Gasteiger partial charge on any atom is 0.171 e. The zero-order valence-corrected chi connectivity index (χ0v) is 16.3. The summed E-state index contributed by atoms with van der Waals surface area (Å²) >= 11 is 5.51. The highest BCUT2D eigenvalue weighted by Gasteiger charge is 2.12. The number of hydrogen-bond acceptors (Lipinski definition) is 2. The van der Waals surface area contributed by atoms with Crippen LogP contribution in [0.2, 0.25) is 0 Å². The molecule has 134 valence electrons. The van der Waals surface area contributed by atoms with Gasteiger partial charge in [-0.25, -0.2) is 0 Å². The van der Waals surface area contributed by atoms with Crippen molar-refractivity contribution in [2.45, 2.75) is 46.1 Å². The molecule has 0 saturated heterocycles. The fourth-order valence-corrected chi connectivity index (χ4v) is 2.95. The van der Waals surface area contributed by atoms with E-state index in [4.69, 9.17) is 17.0 Å². The molecular weight excluding hydrogens is 328 g/mol. The molecule has 1 atom stereocenters. The van der Waals surface area contributed by atoms with E-state index in [2.05, 4.69) is 55.7 Å². The van der Waals surface area contributed by atoms with Gasteiger partial charge in [0.2, 0.25) is 0 Å². The number of rotatable bonds is 7. The fourth-order valence-electron chi connectivity index (χ4n) is 2.70. The average Bonchev–Trinajstić information content (AvgIpc) is 2.61. The van der Waals surface area contributed by atoms with Crippen molar-refractivity contribution in [1.82, 2.24) is 5.32 Å². The second-order valence-electron chi connectivity index (χ2n) is 6.31. The Kier molecular flexibility index (Phi) is 7.26. The monoisotopic (exact) mass is 356 g/mol. The molecular formula is C21H28N2OS. The van der Waals surface area contributed by atoms with Crippen LogP contribution in [0.4, 0.5) is 5.69 Å². The van der Waals surface area contributed by atoms with E-state index in [1.54, 1.807) is 0 Å². The van der Waals surface area contributed by atoms with Gasteiger partial charge in [-0.3, -0.25) is 0 Å². The quantitative estimate of drug-likeness (QED) is 0.628. The minimum atomic E-state index is 0.181. The topological polar surface area (TPSA) is 33.3 Å². The summed E-state index contributed by atoms with van der Waals surface area (Å²) in [4.78, 5) is 0. The smallest absolute Gasteiger partial charge is 0.171 e. The van der Waals surface area contributed by atoms with Gasteiger partial charge >= 0.3 is 0 Å². The highest BCUT2D eigenvalue weighted by atomic mass is 32.1. The van der Waals surface area contributed by atoms with Crippen LogP contribution in [-0.4, -0.2) is 11.7 Å². The predicted octanol–water partition coefficient (Wildman–Crippen LogP) is 5.65. The molecule has 0 saturated carbocycles. The maximum absolute atomic E-state index is 5.64. The average molecular weight is 357 g/mol. The van der Waals surface area contributed by atoms with Gasteiger partial charge in [-0.2, -0.15) is 0 Å². The summed E-state index contributed by atoms with van der Waals surface area (Å²) < 4.78 is 5.64. The zero-order chi connectivity index (χ0) is 18.2. The van der Waals surface area contributed by atoms with Crippen molar-refractivity contribution < 1.29 is 4.74 Å². The molecule has 0 radical (unpaired) electrons. The Morgan fingerprint density at radius 3 is 2.24 bits per heavy atom. The molecule has 0 aliphatic carbocycles. The second-order valence-corrected chi connectivity index (χ2v) is 6.72. The van der Waals surface area contributed by atoms with Crippen LogP contribution >= 0.6 is 12.2 Å². The number of thiocarbonyl (C=S) groups is 1. The fraction of sp³-hybridized carbons (Fsp3) is 0.381. The van der Waals surface area contributed by atoms with Gasteiger partial charge in [0.25, 0.3) is 0 Å². The molecule has 0 spiro atoms. The summed E-state index contributed by atoms with van der Waals surface area (Å²) in [5, 5.41) is 7.27. The molecule has 0 amide bonds. The van der Waals surface area contributed by atoms with Crippen LogP contribution in [0.5, 0.6) is 5.75 Å². The molecule has 4 heteroatoms. The predicted molar refractivity (Wildman–Crippen MR) is 111 cm³/mol. The summed E-state index contributed by atoms with van der Waals surface area (Å²) in [6.07, 6.45) is 0.954. The Morgan fingerprint density at radius 2 is 1.64 bits per heavy atom. The van der Waals surface area contributed by atoms with Gasteiger partial charge in [-0.05, 0) is 54.7 Å². The summed E-state index contributed by atoms with van der Waals surface area (Å²) in [5.74, 6) is 1.35. The first-order valence-corrected chi connectivity index (χ1v) is 9.35. The molecule has 0 aliphatic rings. The molecule has 0 fully saturated rings. The first-order valence-electron chi connectivity index (χ1n) is 8.94. The lowest BCUT2D eigenvalue weighted by Gasteiger charge is -2.21. The van der Waals surface area contributed by atoms with E-state index in [1.165, 1.54) is 11.1 Å². The third kappa shape index (κ3) is 5.46. The standard InChI is InChI=1S/C21H28N2OS/c1-5-18(17-13-11-16(12-14-17)15(3)4)22-21(25)23-19-9-7-8-10-20(19)24-6-2/h7-15,18H,5-6H2,1-4H3,(H2,22,23,25). The van der Waals surface area contributed by atoms with Crippen LogP contribution in [0.1, 0.15) is 57.2 Å². The second kappa shape index (κ2) is 9.42. The molecule has 25 heavy (non-hydrogen) atoms. The third-order valence-corrected chi connectivity index (χ3v) is 4.37. The van der Waals surface area contributed by atoms with E-state index in [9.17, 15) is 0 Å². The maximum atomic E-state index is 5.64.